The van der Waals surface area contributed by atoms with E-state index in [9.17, 15) is 4.79 Å². The molecule has 0 bridgehead atoms. The maximum Gasteiger partial charge on any atom is 0.287 e. The van der Waals surface area contributed by atoms with Crippen molar-refractivity contribution < 1.29 is 23.4 Å². The van der Waals surface area contributed by atoms with Gasteiger partial charge in [0.2, 0.25) is 6.79 Å². The van der Waals surface area contributed by atoms with Crippen molar-refractivity contribution in [1.82, 2.24) is 5.32 Å². The van der Waals surface area contributed by atoms with Crippen LogP contribution in [-0.2, 0) is 13.2 Å². The number of hydrogen-bond acceptors (Lipinski definition) is 5. The van der Waals surface area contributed by atoms with Gasteiger partial charge in [-0.05, 0) is 48.0 Å². The van der Waals surface area contributed by atoms with Crippen molar-refractivity contribution in [2.24, 2.45) is 0 Å². The monoisotopic (exact) mass is 419 g/mol. The van der Waals surface area contributed by atoms with Gasteiger partial charge in [0, 0.05) is 11.6 Å². The molecule has 3 aromatic rings. The lowest BCUT2D eigenvalue weighted by Crippen LogP contribution is -2.22. The smallest absolute Gasteiger partial charge is 0.287 e. The van der Waals surface area contributed by atoms with Gasteiger partial charge in [-0.15, -0.1) is 0 Å². The molecule has 0 atom stereocenters. The Kier molecular flexibility index (Phi) is 5.32. The van der Waals surface area contributed by atoms with Crippen LogP contribution in [-0.4, -0.2) is 12.7 Å². The SMILES string of the molecule is O=C(NCc1ccc2c(c1)OCO2)c1ccc(COc2ccc(Cl)cc2Cl)o1. The van der Waals surface area contributed by atoms with Crippen LogP contribution in [0.5, 0.6) is 17.2 Å². The molecule has 1 N–H and O–H groups in total. The minimum Gasteiger partial charge on any atom is -0.484 e. The standard InChI is InChI=1S/C20H15Cl2NO5/c21-13-2-5-16(15(22)8-13)25-10-14-3-6-18(28-14)20(24)23-9-12-1-4-17-19(7-12)27-11-26-17/h1-8H,9-11H2,(H,23,24). The molecule has 4 rings (SSSR count). The number of nitrogens with one attached hydrogen (secondary N) is 1. The first-order valence-electron chi connectivity index (χ1n) is 8.42. The van der Waals surface area contributed by atoms with Crippen LogP contribution in [0.15, 0.2) is 52.9 Å². The molecule has 1 aliphatic rings. The average Bonchev–Trinajstić information content (AvgIpc) is 3.34. The van der Waals surface area contributed by atoms with E-state index < -0.39 is 0 Å². The summed E-state index contributed by atoms with van der Waals surface area (Å²) in [6.45, 7) is 0.683. The van der Waals surface area contributed by atoms with Crippen molar-refractivity contribution in [1.29, 1.82) is 0 Å². The van der Waals surface area contributed by atoms with E-state index >= 15 is 0 Å². The molecule has 8 heteroatoms. The van der Waals surface area contributed by atoms with Crippen LogP contribution in [0.4, 0.5) is 0 Å². The summed E-state index contributed by atoms with van der Waals surface area (Å²) in [4.78, 5) is 12.3. The van der Waals surface area contributed by atoms with E-state index in [1.165, 1.54) is 0 Å². The van der Waals surface area contributed by atoms with Gasteiger partial charge in [-0.2, -0.15) is 0 Å². The molecule has 28 heavy (non-hydrogen) atoms. The van der Waals surface area contributed by atoms with Crippen molar-refractivity contribution in [3.63, 3.8) is 0 Å². The normalized spacial score (nSPS) is 12.1. The van der Waals surface area contributed by atoms with E-state index in [0.717, 1.165) is 5.56 Å². The second-order valence-electron chi connectivity index (χ2n) is 6.00. The number of carbonyl (C=O) groups excluding carboxylic acids is 1. The fourth-order valence-electron chi connectivity index (χ4n) is 2.64. The Morgan fingerprint density at radius 2 is 1.89 bits per heavy atom. The summed E-state index contributed by atoms with van der Waals surface area (Å²) < 4.78 is 21.7. The predicted molar refractivity (Wildman–Crippen MR) is 103 cm³/mol. The number of benzene rings is 2. The third-order valence-electron chi connectivity index (χ3n) is 4.04. The number of carbonyl (C=O) groups is 1. The van der Waals surface area contributed by atoms with Gasteiger partial charge < -0.3 is 23.9 Å². The van der Waals surface area contributed by atoms with Crippen LogP contribution in [0.2, 0.25) is 10.0 Å². The zero-order valence-electron chi connectivity index (χ0n) is 14.5. The molecule has 1 aliphatic heterocycles. The number of furan rings is 1. The molecule has 0 fully saturated rings. The van der Waals surface area contributed by atoms with Crippen molar-refractivity contribution in [3.05, 3.63) is 75.7 Å². The maximum absolute atomic E-state index is 12.3. The molecule has 1 aromatic heterocycles. The van der Waals surface area contributed by atoms with Gasteiger partial charge in [0.05, 0.1) is 5.02 Å². The summed E-state index contributed by atoms with van der Waals surface area (Å²) in [5.74, 6) is 2.22. The lowest BCUT2D eigenvalue weighted by molar-refractivity contribution is 0.0919. The van der Waals surface area contributed by atoms with E-state index in [4.69, 9.17) is 41.8 Å². The van der Waals surface area contributed by atoms with Gasteiger partial charge in [-0.3, -0.25) is 4.79 Å². The molecule has 0 aliphatic carbocycles. The Bertz CT molecular complexity index is 1020. The van der Waals surface area contributed by atoms with E-state index in [1.54, 1.807) is 30.3 Å². The Labute approximate surface area is 170 Å². The van der Waals surface area contributed by atoms with Crippen molar-refractivity contribution in [3.8, 4) is 17.2 Å². The number of ether oxygens (including phenoxy) is 3. The topological polar surface area (TPSA) is 69.9 Å². The molecule has 0 saturated carbocycles. The predicted octanol–water partition coefficient (Wildman–Crippen LogP) is 4.82. The third-order valence-corrected chi connectivity index (χ3v) is 4.57. The molecular formula is C20H15Cl2NO5. The first-order valence-corrected chi connectivity index (χ1v) is 9.17. The summed E-state index contributed by atoms with van der Waals surface area (Å²) in [5.41, 5.74) is 0.894. The number of halogens is 2. The fraction of sp³-hybridized carbons (Fsp3) is 0.150. The molecule has 2 aromatic carbocycles. The summed E-state index contributed by atoms with van der Waals surface area (Å²) >= 11 is 11.9. The molecule has 1 amide bonds. The van der Waals surface area contributed by atoms with Gasteiger partial charge in [0.1, 0.15) is 18.1 Å². The third kappa shape index (κ3) is 4.18. The Hall–Kier alpha value is -2.83. The Morgan fingerprint density at radius 1 is 1.04 bits per heavy atom. The second kappa shape index (κ2) is 8.04. The highest BCUT2D eigenvalue weighted by molar-refractivity contribution is 6.35. The van der Waals surface area contributed by atoms with Gasteiger partial charge in [-0.25, -0.2) is 0 Å². The highest BCUT2D eigenvalue weighted by atomic mass is 35.5. The second-order valence-corrected chi connectivity index (χ2v) is 6.84. The lowest BCUT2D eigenvalue weighted by atomic mass is 10.2. The minimum absolute atomic E-state index is 0.136. The minimum atomic E-state index is -0.326. The summed E-state index contributed by atoms with van der Waals surface area (Å²) in [6.07, 6.45) is 0. The van der Waals surface area contributed by atoms with Crippen molar-refractivity contribution >= 4 is 29.1 Å². The first-order chi connectivity index (χ1) is 13.6. The van der Waals surface area contributed by atoms with E-state index in [-0.39, 0.29) is 25.1 Å². The summed E-state index contributed by atoms with van der Waals surface area (Å²) in [5, 5.41) is 3.73. The number of amides is 1. The van der Waals surface area contributed by atoms with Crippen LogP contribution >= 0.6 is 23.2 Å². The molecule has 2 heterocycles. The van der Waals surface area contributed by atoms with Crippen LogP contribution in [0.1, 0.15) is 21.9 Å². The Morgan fingerprint density at radius 3 is 2.75 bits per heavy atom. The van der Waals surface area contributed by atoms with Crippen LogP contribution in [0.25, 0.3) is 0 Å². The number of rotatable bonds is 6. The Balaban J connectivity index is 1.32. The highest BCUT2D eigenvalue weighted by Gasteiger charge is 2.15. The van der Waals surface area contributed by atoms with E-state index in [2.05, 4.69) is 5.32 Å². The average molecular weight is 420 g/mol. The van der Waals surface area contributed by atoms with Gasteiger partial charge >= 0.3 is 0 Å². The van der Waals surface area contributed by atoms with Crippen LogP contribution in [0.3, 0.4) is 0 Å². The van der Waals surface area contributed by atoms with Gasteiger partial charge in [-0.1, -0.05) is 29.3 Å². The highest BCUT2D eigenvalue weighted by Crippen LogP contribution is 2.32. The fourth-order valence-corrected chi connectivity index (χ4v) is 3.10. The number of hydrogen-bond donors (Lipinski definition) is 1. The molecule has 144 valence electrons. The quantitative estimate of drug-likeness (QED) is 0.619. The molecular weight excluding hydrogens is 405 g/mol. The largest absolute Gasteiger partial charge is 0.484 e. The molecule has 0 saturated heterocycles. The summed E-state index contributed by atoms with van der Waals surface area (Å²) in [7, 11) is 0. The number of fused-ring (bicyclic) bond motifs is 1. The lowest BCUT2D eigenvalue weighted by Gasteiger charge is -2.07. The van der Waals surface area contributed by atoms with Crippen LogP contribution in [0, 0.1) is 0 Å². The first kappa shape index (κ1) is 18.5. The molecule has 0 spiro atoms. The van der Waals surface area contributed by atoms with Gasteiger partial charge in [0.15, 0.2) is 17.3 Å². The summed E-state index contributed by atoms with van der Waals surface area (Å²) in [6, 6.07) is 13.7. The zero-order chi connectivity index (χ0) is 19.5. The van der Waals surface area contributed by atoms with Crippen LogP contribution < -0.4 is 19.5 Å². The van der Waals surface area contributed by atoms with E-state index in [0.29, 0.717) is 39.6 Å². The van der Waals surface area contributed by atoms with Gasteiger partial charge in [0.25, 0.3) is 5.91 Å². The van der Waals surface area contributed by atoms with E-state index in [1.807, 2.05) is 18.2 Å². The maximum atomic E-state index is 12.3. The molecule has 0 unspecified atom stereocenters. The zero-order valence-corrected chi connectivity index (χ0v) is 16.0. The molecule has 0 radical (unpaired) electrons. The van der Waals surface area contributed by atoms with Crippen molar-refractivity contribution in [2.45, 2.75) is 13.2 Å². The molecule has 6 nitrogen and oxygen atoms in total. The van der Waals surface area contributed by atoms with Crippen molar-refractivity contribution in [2.75, 3.05) is 6.79 Å².